The van der Waals surface area contributed by atoms with Gasteiger partial charge in [0.2, 0.25) is 11.8 Å². The zero-order chi connectivity index (χ0) is 18.9. The average Bonchev–Trinajstić information content (AvgIpc) is 2.63. The maximum absolute atomic E-state index is 12.4. The van der Waals surface area contributed by atoms with E-state index < -0.39 is 12.0 Å². The second kappa shape index (κ2) is 9.91. The van der Waals surface area contributed by atoms with E-state index in [9.17, 15) is 14.4 Å². The van der Waals surface area contributed by atoms with Gasteiger partial charge in [-0.2, -0.15) is 0 Å². The third-order valence-electron chi connectivity index (χ3n) is 4.29. The molecule has 2 unspecified atom stereocenters. The third-order valence-corrected chi connectivity index (χ3v) is 4.29. The molecule has 2 atom stereocenters. The normalized spacial score (nSPS) is 18.7. The summed E-state index contributed by atoms with van der Waals surface area (Å²) in [6.07, 6.45) is 0.680. The van der Waals surface area contributed by atoms with Crippen LogP contribution < -0.4 is 10.6 Å². The van der Waals surface area contributed by atoms with E-state index in [4.69, 9.17) is 4.74 Å². The molecule has 7 heteroatoms. The van der Waals surface area contributed by atoms with Crippen molar-refractivity contribution >= 4 is 17.8 Å². The fourth-order valence-corrected chi connectivity index (χ4v) is 2.90. The Balaban J connectivity index is 1.92. The van der Waals surface area contributed by atoms with E-state index in [0.717, 1.165) is 12.0 Å². The molecule has 1 saturated heterocycles. The fourth-order valence-electron chi connectivity index (χ4n) is 2.90. The quantitative estimate of drug-likeness (QED) is 0.675. The summed E-state index contributed by atoms with van der Waals surface area (Å²) in [5.74, 6) is -0.839. The summed E-state index contributed by atoms with van der Waals surface area (Å²) >= 11 is 0. The molecule has 1 aliphatic heterocycles. The van der Waals surface area contributed by atoms with Gasteiger partial charge in [-0.3, -0.25) is 19.3 Å². The molecule has 2 N–H and O–H groups in total. The lowest BCUT2D eigenvalue weighted by Gasteiger charge is -2.34. The largest absolute Gasteiger partial charge is 0.466 e. The van der Waals surface area contributed by atoms with E-state index in [1.165, 1.54) is 0 Å². The zero-order valence-corrected chi connectivity index (χ0v) is 15.4. The van der Waals surface area contributed by atoms with Gasteiger partial charge in [0, 0.05) is 13.1 Å². The van der Waals surface area contributed by atoms with E-state index >= 15 is 0 Å². The molecule has 0 bridgehead atoms. The van der Waals surface area contributed by atoms with Crippen LogP contribution >= 0.6 is 0 Å². The van der Waals surface area contributed by atoms with Gasteiger partial charge in [-0.1, -0.05) is 37.3 Å². The summed E-state index contributed by atoms with van der Waals surface area (Å²) in [6, 6.07) is 8.86. The minimum Gasteiger partial charge on any atom is -0.466 e. The van der Waals surface area contributed by atoms with Crippen LogP contribution in [0.3, 0.4) is 0 Å². The zero-order valence-electron chi connectivity index (χ0n) is 15.4. The summed E-state index contributed by atoms with van der Waals surface area (Å²) in [4.78, 5) is 38.2. The molecule has 1 heterocycles. The first-order valence-electron chi connectivity index (χ1n) is 9.03. The number of carbonyl (C=O) groups is 3. The maximum Gasteiger partial charge on any atom is 0.307 e. The van der Waals surface area contributed by atoms with Gasteiger partial charge in [0.05, 0.1) is 25.6 Å². The minimum atomic E-state index is -0.675. The van der Waals surface area contributed by atoms with Crippen molar-refractivity contribution in [1.82, 2.24) is 15.5 Å². The Morgan fingerprint density at radius 2 is 2.08 bits per heavy atom. The van der Waals surface area contributed by atoms with Gasteiger partial charge < -0.3 is 15.4 Å². The van der Waals surface area contributed by atoms with E-state index in [2.05, 4.69) is 10.6 Å². The summed E-state index contributed by atoms with van der Waals surface area (Å²) in [5, 5.41) is 5.68. The van der Waals surface area contributed by atoms with Crippen LogP contribution in [0.5, 0.6) is 0 Å². The number of rotatable bonds is 8. The molecule has 0 aliphatic carbocycles. The molecule has 1 aromatic rings. The molecule has 2 amide bonds. The molecule has 26 heavy (non-hydrogen) atoms. The predicted octanol–water partition coefficient (Wildman–Crippen LogP) is 1.01. The molecule has 1 fully saturated rings. The number of amides is 2. The molecule has 1 aliphatic rings. The van der Waals surface area contributed by atoms with Crippen molar-refractivity contribution in [2.45, 2.75) is 38.8 Å². The highest BCUT2D eigenvalue weighted by Gasteiger charge is 2.33. The number of nitrogens with one attached hydrogen (secondary N) is 2. The standard InChI is InChI=1S/C19H27N3O4/c1-3-11-26-18(24)12-16-19(25)20-9-10-22(16)13-17(23)21-14(2)15-7-5-4-6-8-15/h4-8,14,16H,3,9-13H2,1-2H3,(H,20,25)(H,21,23). The van der Waals surface area contributed by atoms with Crippen LogP contribution in [-0.2, 0) is 19.1 Å². The van der Waals surface area contributed by atoms with Crippen LogP contribution in [0, 0.1) is 0 Å². The summed E-state index contributed by atoms with van der Waals surface area (Å²) in [5.41, 5.74) is 1.01. The van der Waals surface area contributed by atoms with Gasteiger partial charge in [0.25, 0.3) is 0 Å². The fraction of sp³-hybridized carbons (Fsp3) is 0.526. The highest BCUT2D eigenvalue weighted by atomic mass is 16.5. The number of hydrogen-bond donors (Lipinski definition) is 2. The van der Waals surface area contributed by atoms with Crippen molar-refractivity contribution in [2.75, 3.05) is 26.2 Å². The predicted molar refractivity (Wildman–Crippen MR) is 97.2 cm³/mol. The van der Waals surface area contributed by atoms with Crippen LogP contribution in [0.4, 0.5) is 0 Å². The molecular weight excluding hydrogens is 334 g/mol. The molecule has 142 valence electrons. The Bertz CT molecular complexity index is 620. The third kappa shape index (κ3) is 5.84. The Kier molecular flexibility index (Phi) is 7.59. The topological polar surface area (TPSA) is 87.7 Å². The van der Waals surface area contributed by atoms with Crippen molar-refractivity contribution in [2.24, 2.45) is 0 Å². The van der Waals surface area contributed by atoms with Crippen molar-refractivity contribution in [3.8, 4) is 0 Å². The first-order valence-corrected chi connectivity index (χ1v) is 9.03. The highest BCUT2D eigenvalue weighted by molar-refractivity contribution is 5.88. The lowest BCUT2D eigenvalue weighted by molar-refractivity contribution is -0.149. The minimum absolute atomic E-state index is 0.0483. The Morgan fingerprint density at radius 1 is 1.35 bits per heavy atom. The first-order chi connectivity index (χ1) is 12.5. The van der Waals surface area contributed by atoms with Gasteiger partial charge in [0.1, 0.15) is 6.04 Å². The Morgan fingerprint density at radius 3 is 2.77 bits per heavy atom. The van der Waals surface area contributed by atoms with E-state index in [-0.39, 0.29) is 30.8 Å². The molecule has 7 nitrogen and oxygen atoms in total. The van der Waals surface area contributed by atoms with Crippen molar-refractivity contribution in [1.29, 1.82) is 0 Å². The van der Waals surface area contributed by atoms with Crippen LogP contribution in [-0.4, -0.2) is 55.0 Å². The maximum atomic E-state index is 12.4. The lowest BCUT2D eigenvalue weighted by Crippen LogP contribution is -2.58. The molecule has 0 spiro atoms. The van der Waals surface area contributed by atoms with Gasteiger partial charge in [-0.25, -0.2) is 0 Å². The van der Waals surface area contributed by atoms with Crippen LogP contribution in [0.1, 0.15) is 38.3 Å². The average molecular weight is 361 g/mol. The number of ether oxygens (including phenoxy) is 1. The van der Waals surface area contributed by atoms with Gasteiger partial charge in [-0.05, 0) is 18.9 Å². The van der Waals surface area contributed by atoms with Crippen LogP contribution in [0.15, 0.2) is 30.3 Å². The second-order valence-electron chi connectivity index (χ2n) is 6.40. The Labute approximate surface area is 154 Å². The van der Waals surface area contributed by atoms with E-state index in [1.807, 2.05) is 44.2 Å². The van der Waals surface area contributed by atoms with Gasteiger partial charge in [0.15, 0.2) is 0 Å². The number of nitrogens with zero attached hydrogens (tertiary/aromatic N) is 1. The van der Waals surface area contributed by atoms with Crippen molar-refractivity contribution in [3.05, 3.63) is 35.9 Å². The van der Waals surface area contributed by atoms with Crippen molar-refractivity contribution < 1.29 is 19.1 Å². The Hall–Kier alpha value is -2.41. The summed E-state index contributed by atoms with van der Waals surface area (Å²) in [7, 11) is 0. The monoisotopic (exact) mass is 361 g/mol. The number of hydrogen-bond acceptors (Lipinski definition) is 5. The molecule has 2 rings (SSSR count). The molecule has 0 aromatic heterocycles. The smallest absolute Gasteiger partial charge is 0.307 e. The van der Waals surface area contributed by atoms with Crippen molar-refractivity contribution in [3.63, 3.8) is 0 Å². The number of benzene rings is 1. The second-order valence-corrected chi connectivity index (χ2v) is 6.40. The van der Waals surface area contributed by atoms with E-state index in [0.29, 0.717) is 19.7 Å². The van der Waals surface area contributed by atoms with E-state index in [1.54, 1.807) is 4.90 Å². The van der Waals surface area contributed by atoms with Gasteiger partial charge in [-0.15, -0.1) is 0 Å². The first kappa shape index (κ1) is 19.9. The number of esters is 1. The van der Waals surface area contributed by atoms with Gasteiger partial charge >= 0.3 is 5.97 Å². The summed E-state index contributed by atoms with van der Waals surface area (Å²) < 4.78 is 5.07. The molecule has 0 radical (unpaired) electrons. The summed E-state index contributed by atoms with van der Waals surface area (Å²) in [6.45, 7) is 5.20. The molecular formula is C19H27N3O4. The highest BCUT2D eigenvalue weighted by Crippen LogP contribution is 2.13. The lowest BCUT2D eigenvalue weighted by atomic mass is 10.1. The SMILES string of the molecule is CCCOC(=O)CC1C(=O)NCCN1CC(=O)NC(C)c1ccccc1. The molecule has 1 aromatic carbocycles. The molecule has 0 saturated carbocycles. The number of piperazine rings is 1. The van der Waals surface area contributed by atoms with Crippen LogP contribution in [0.25, 0.3) is 0 Å². The van der Waals surface area contributed by atoms with Crippen LogP contribution in [0.2, 0.25) is 0 Å². The number of carbonyl (C=O) groups excluding carboxylic acids is 3.